The Labute approximate surface area is 152 Å². The van der Waals surface area contributed by atoms with Crippen molar-refractivity contribution >= 4 is 5.97 Å². The van der Waals surface area contributed by atoms with Gasteiger partial charge in [-0.25, -0.2) is 4.79 Å². The van der Waals surface area contributed by atoms with Crippen LogP contribution in [0.15, 0.2) is 47.1 Å². The number of carbonyl (C=O) groups is 1. The summed E-state index contributed by atoms with van der Waals surface area (Å²) in [5.41, 5.74) is 8.18. The molecule has 1 saturated heterocycles. The van der Waals surface area contributed by atoms with Crippen molar-refractivity contribution in [3.05, 3.63) is 58.2 Å². The first kappa shape index (κ1) is 18.0. The molecule has 7 heteroatoms. The van der Waals surface area contributed by atoms with Crippen LogP contribution in [-0.2, 0) is 19.0 Å². The van der Waals surface area contributed by atoms with Gasteiger partial charge in [0.15, 0.2) is 0 Å². The van der Waals surface area contributed by atoms with Crippen LogP contribution in [0.4, 0.5) is 0 Å². The molecule has 1 aromatic rings. The van der Waals surface area contributed by atoms with Crippen LogP contribution in [0.3, 0.4) is 0 Å². The molecule has 0 saturated carbocycles. The van der Waals surface area contributed by atoms with Crippen LogP contribution < -0.4 is 11.1 Å². The van der Waals surface area contributed by atoms with E-state index >= 15 is 0 Å². The van der Waals surface area contributed by atoms with Crippen LogP contribution in [0.25, 0.3) is 0 Å². The second kappa shape index (κ2) is 7.60. The second-order valence-corrected chi connectivity index (χ2v) is 6.04. The first-order valence-electron chi connectivity index (χ1n) is 8.44. The van der Waals surface area contributed by atoms with Gasteiger partial charge >= 0.3 is 5.97 Å². The fourth-order valence-electron chi connectivity index (χ4n) is 3.21. The number of hydrogen-bond donors (Lipinski definition) is 2. The van der Waals surface area contributed by atoms with Crippen LogP contribution >= 0.6 is 0 Å². The molecule has 2 heterocycles. The molecule has 0 amide bonds. The fourth-order valence-corrected chi connectivity index (χ4v) is 3.21. The quantitative estimate of drug-likeness (QED) is 0.795. The van der Waals surface area contributed by atoms with E-state index < -0.39 is 11.9 Å². The first-order valence-corrected chi connectivity index (χ1v) is 8.44. The molecule has 3 rings (SSSR count). The molecule has 0 aromatic heterocycles. The number of nitrogens with zero attached hydrogens (tertiary/aromatic N) is 1. The number of carbonyl (C=O) groups excluding carboxylic acids is 1. The van der Waals surface area contributed by atoms with Gasteiger partial charge in [0, 0.05) is 6.54 Å². The standard InChI is InChI=1S/C19H21N3O4/c1-3-24-19(23)16-11(2)26-18(21)14(8-20)17(16)13-6-4-12(5-7-13)15-9-22-10-25-15/h4-7,15,17,22H,3,9-10,21H2,1-2H3. The lowest BCUT2D eigenvalue weighted by molar-refractivity contribution is -0.139. The molecule has 0 aliphatic carbocycles. The molecule has 2 atom stereocenters. The molecule has 0 spiro atoms. The number of rotatable bonds is 4. The van der Waals surface area contributed by atoms with Crippen LogP contribution in [0.2, 0.25) is 0 Å². The maximum Gasteiger partial charge on any atom is 0.338 e. The number of ether oxygens (including phenoxy) is 3. The van der Waals surface area contributed by atoms with Crippen molar-refractivity contribution in [2.24, 2.45) is 5.73 Å². The number of hydrogen-bond acceptors (Lipinski definition) is 7. The smallest absolute Gasteiger partial charge is 0.338 e. The molecule has 2 unspecified atom stereocenters. The van der Waals surface area contributed by atoms with E-state index in [1.54, 1.807) is 13.8 Å². The molecular formula is C19H21N3O4. The van der Waals surface area contributed by atoms with Gasteiger partial charge in [0.2, 0.25) is 5.88 Å². The summed E-state index contributed by atoms with van der Waals surface area (Å²) in [5.74, 6) is -0.778. The Hall–Kier alpha value is -2.82. The van der Waals surface area contributed by atoms with Crippen molar-refractivity contribution in [2.75, 3.05) is 19.9 Å². The van der Waals surface area contributed by atoms with Gasteiger partial charge < -0.3 is 19.9 Å². The molecule has 1 fully saturated rings. The maximum atomic E-state index is 12.5. The molecule has 7 nitrogen and oxygen atoms in total. The Morgan fingerprint density at radius 1 is 1.38 bits per heavy atom. The summed E-state index contributed by atoms with van der Waals surface area (Å²) in [6, 6.07) is 9.70. The van der Waals surface area contributed by atoms with Crippen molar-refractivity contribution in [1.82, 2.24) is 5.32 Å². The lowest BCUT2D eigenvalue weighted by Gasteiger charge is -2.27. The Morgan fingerprint density at radius 2 is 2.08 bits per heavy atom. The zero-order valence-corrected chi connectivity index (χ0v) is 14.7. The molecule has 3 N–H and O–H groups in total. The molecular weight excluding hydrogens is 334 g/mol. The Morgan fingerprint density at radius 3 is 2.65 bits per heavy atom. The predicted molar refractivity (Wildman–Crippen MR) is 93.1 cm³/mol. The number of nitrogens with one attached hydrogen (secondary N) is 1. The van der Waals surface area contributed by atoms with E-state index in [2.05, 4.69) is 11.4 Å². The largest absolute Gasteiger partial charge is 0.463 e. The van der Waals surface area contributed by atoms with Gasteiger partial charge in [0.1, 0.15) is 17.4 Å². The average molecular weight is 355 g/mol. The van der Waals surface area contributed by atoms with Crippen LogP contribution in [0.1, 0.15) is 37.0 Å². The monoisotopic (exact) mass is 355 g/mol. The molecule has 136 valence electrons. The van der Waals surface area contributed by atoms with Crippen LogP contribution in [0.5, 0.6) is 0 Å². The van der Waals surface area contributed by atoms with Gasteiger partial charge in [0.25, 0.3) is 0 Å². The number of benzene rings is 1. The highest BCUT2D eigenvalue weighted by Gasteiger charge is 2.36. The minimum atomic E-state index is -0.621. The Kier molecular flexibility index (Phi) is 5.26. The summed E-state index contributed by atoms with van der Waals surface area (Å²) in [7, 11) is 0. The molecule has 0 bridgehead atoms. The average Bonchev–Trinajstić information content (AvgIpc) is 3.16. The topological polar surface area (TPSA) is 107 Å². The van der Waals surface area contributed by atoms with E-state index in [1.807, 2.05) is 24.3 Å². The highest BCUT2D eigenvalue weighted by molar-refractivity contribution is 5.92. The van der Waals surface area contributed by atoms with Crippen LogP contribution in [-0.4, -0.2) is 25.9 Å². The van der Waals surface area contributed by atoms with E-state index in [9.17, 15) is 10.1 Å². The third kappa shape index (κ3) is 3.29. The van der Waals surface area contributed by atoms with Crippen molar-refractivity contribution in [3.63, 3.8) is 0 Å². The normalized spacial score (nSPS) is 22.8. The summed E-state index contributed by atoms with van der Waals surface area (Å²) in [6.07, 6.45) is -0.00315. The summed E-state index contributed by atoms with van der Waals surface area (Å²) in [5, 5.41) is 12.7. The van der Waals surface area contributed by atoms with Gasteiger partial charge in [-0.1, -0.05) is 24.3 Å². The zero-order chi connectivity index (χ0) is 18.7. The minimum Gasteiger partial charge on any atom is -0.463 e. The summed E-state index contributed by atoms with van der Waals surface area (Å²) >= 11 is 0. The summed E-state index contributed by atoms with van der Waals surface area (Å²) in [6.45, 7) is 4.88. The van der Waals surface area contributed by atoms with Crippen LogP contribution in [0, 0.1) is 11.3 Å². The highest BCUT2D eigenvalue weighted by atomic mass is 16.5. The van der Waals surface area contributed by atoms with Crippen molar-refractivity contribution in [2.45, 2.75) is 25.9 Å². The number of nitriles is 1. The molecule has 2 aliphatic rings. The van der Waals surface area contributed by atoms with E-state index in [4.69, 9.17) is 19.9 Å². The maximum absolute atomic E-state index is 12.5. The number of allylic oxidation sites excluding steroid dienone is 2. The molecule has 1 aromatic carbocycles. The van der Waals surface area contributed by atoms with Gasteiger partial charge in [-0.3, -0.25) is 5.32 Å². The third-order valence-corrected chi connectivity index (χ3v) is 4.46. The zero-order valence-electron chi connectivity index (χ0n) is 14.7. The molecule has 2 aliphatic heterocycles. The van der Waals surface area contributed by atoms with Crippen molar-refractivity contribution < 1.29 is 19.0 Å². The summed E-state index contributed by atoms with van der Waals surface area (Å²) < 4.78 is 16.2. The van der Waals surface area contributed by atoms with E-state index in [0.29, 0.717) is 18.1 Å². The first-order chi connectivity index (χ1) is 12.6. The van der Waals surface area contributed by atoms with E-state index in [-0.39, 0.29) is 24.2 Å². The van der Waals surface area contributed by atoms with Crippen molar-refractivity contribution in [3.8, 4) is 6.07 Å². The summed E-state index contributed by atoms with van der Waals surface area (Å²) in [4.78, 5) is 12.5. The minimum absolute atomic E-state index is 0.00315. The highest BCUT2D eigenvalue weighted by Crippen LogP contribution is 2.39. The number of esters is 1. The SMILES string of the molecule is CCOC(=O)C1=C(C)OC(N)=C(C#N)C1c1ccc(C2CNCO2)cc1. The lowest BCUT2D eigenvalue weighted by Crippen LogP contribution is -2.25. The third-order valence-electron chi connectivity index (χ3n) is 4.46. The Balaban J connectivity index is 2.00. The van der Waals surface area contributed by atoms with Crippen molar-refractivity contribution in [1.29, 1.82) is 5.26 Å². The van der Waals surface area contributed by atoms with Gasteiger partial charge in [0.05, 0.1) is 30.9 Å². The van der Waals surface area contributed by atoms with Gasteiger partial charge in [-0.15, -0.1) is 0 Å². The molecule has 26 heavy (non-hydrogen) atoms. The van der Waals surface area contributed by atoms with E-state index in [1.165, 1.54) is 0 Å². The van der Waals surface area contributed by atoms with E-state index in [0.717, 1.165) is 17.7 Å². The second-order valence-electron chi connectivity index (χ2n) is 6.04. The predicted octanol–water partition coefficient (Wildman–Crippen LogP) is 1.95. The number of nitrogens with two attached hydrogens (primary N) is 1. The van der Waals surface area contributed by atoms with Gasteiger partial charge in [-0.2, -0.15) is 5.26 Å². The Bertz CT molecular complexity index is 799. The molecule has 0 radical (unpaired) electrons. The van der Waals surface area contributed by atoms with Gasteiger partial charge in [-0.05, 0) is 25.0 Å². The fraction of sp³-hybridized carbons (Fsp3) is 0.368. The lowest BCUT2D eigenvalue weighted by atomic mass is 9.82.